The molecular formula is C14H15FN4O. The first-order chi connectivity index (χ1) is 9.72. The first-order valence-electron chi connectivity index (χ1n) is 6.52. The Hall–Kier alpha value is -2.24. The summed E-state index contributed by atoms with van der Waals surface area (Å²) in [7, 11) is 0. The molecule has 0 spiro atoms. The van der Waals surface area contributed by atoms with Crippen molar-refractivity contribution < 1.29 is 9.13 Å². The maximum atomic E-state index is 12.8. The van der Waals surface area contributed by atoms with Crippen molar-refractivity contribution in [3.63, 3.8) is 0 Å². The third-order valence-corrected chi connectivity index (χ3v) is 3.30. The van der Waals surface area contributed by atoms with E-state index in [9.17, 15) is 4.39 Å². The van der Waals surface area contributed by atoms with Crippen LogP contribution in [0.1, 0.15) is 12.0 Å². The van der Waals surface area contributed by atoms with Crippen molar-refractivity contribution in [2.45, 2.75) is 19.4 Å². The quantitative estimate of drug-likeness (QED) is 0.856. The van der Waals surface area contributed by atoms with Gasteiger partial charge in [-0.15, -0.1) is 0 Å². The zero-order valence-electron chi connectivity index (χ0n) is 11.2. The van der Waals surface area contributed by atoms with Crippen LogP contribution in [0.4, 0.5) is 10.3 Å². The summed E-state index contributed by atoms with van der Waals surface area (Å²) >= 11 is 0. The smallest absolute Gasteiger partial charge is 0.225 e. The van der Waals surface area contributed by atoms with Gasteiger partial charge in [0.2, 0.25) is 5.95 Å². The first kappa shape index (κ1) is 12.8. The molecule has 0 aliphatic carbocycles. The molecule has 0 bridgehead atoms. The molecule has 0 saturated carbocycles. The lowest BCUT2D eigenvalue weighted by Crippen LogP contribution is -2.26. The predicted molar refractivity (Wildman–Crippen MR) is 72.2 cm³/mol. The van der Waals surface area contributed by atoms with Crippen molar-refractivity contribution in [2.75, 3.05) is 18.0 Å². The van der Waals surface area contributed by atoms with Crippen LogP contribution >= 0.6 is 0 Å². The summed E-state index contributed by atoms with van der Waals surface area (Å²) in [5.41, 5.74) is 1.02. The Morgan fingerprint density at radius 3 is 2.85 bits per heavy atom. The van der Waals surface area contributed by atoms with Crippen LogP contribution in [0, 0.1) is 12.7 Å². The number of ether oxygens (including phenoxy) is 1. The van der Waals surface area contributed by atoms with Gasteiger partial charge in [0.05, 0.1) is 18.9 Å². The van der Waals surface area contributed by atoms with Crippen molar-refractivity contribution in [2.24, 2.45) is 0 Å². The first-order valence-corrected chi connectivity index (χ1v) is 6.52. The van der Waals surface area contributed by atoms with E-state index in [2.05, 4.69) is 15.0 Å². The number of halogens is 1. The molecule has 3 heterocycles. The molecule has 3 rings (SSSR count). The number of aromatic nitrogens is 3. The van der Waals surface area contributed by atoms with Crippen LogP contribution in [0.3, 0.4) is 0 Å². The Balaban J connectivity index is 1.65. The van der Waals surface area contributed by atoms with Crippen LogP contribution in [0.15, 0.2) is 30.9 Å². The second-order valence-corrected chi connectivity index (χ2v) is 4.82. The van der Waals surface area contributed by atoms with Gasteiger partial charge in [0, 0.05) is 30.9 Å². The van der Waals surface area contributed by atoms with Crippen LogP contribution < -0.4 is 9.64 Å². The lowest BCUT2D eigenvalue weighted by molar-refractivity contribution is 0.223. The minimum atomic E-state index is -0.423. The highest BCUT2D eigenvalue weighted by Crippen LogP contribution is 2.22. The largest absolute Gasteiger partial charge is 0.488 e. The van der Waals surface area contributed by atoms with Gasteiger partial charge in [0.25, 0.3) is 0 Å². The Labute approximate surface area is 116 Å². The Morgan fingerprint density at radius 1 is 1.30 bits per heavy atom. The van der Waals surface area contributed by atoms with Crippen LogP contribution in [0.25, 0.3) is 0 Å². The summed E-state index contributed by atoms with van der Waals surface area (Å²) < 4.78 is 18.8. The molecule has 0 aromatic carbocycles. The summed E-state index contributed by atoms with van der Waals surface area (Å²) in [5, 5.41) is 0. The van der Waals surface area contributed by atoms with Crippen molar-refractivity contribution in [1.82, 2.24) is 15.0 Å². The van der Waals surface area contributed by atoms with Gasteiger partial charge in [0.15, 0.2) is 5.82 Å². The van der Waals surface area contributed by atoms with E-state index in [4.69, 9.17) is 4.74 Å². The number of hydrogen-bond acceptors (Lipinski definition) is 5. The summed E-state index contributed by atoms with van der Waals surface area (Å²) in [4.78, 5) is 14.0. The second-order valence-electron chi connectivity index (χ2n) is 4.82. The van der Waals surface area contributed by atoms with E-state index in [0.29, 0.717) is 12.5 Å². The molecular weight excluding hydrogens is 259 g/mol. The highest BCUT2D eigenvalue weighted by molar-refractivity contribution is 5.33. The van der Waals surface area contributed by atoms with Gasteiger partial charge in [-0.25, -0.2) is 14.4 Å². The van der Waals surface area contributed by atoms with Crippen molar-refractivity contribution in [3.8, 4) is 5.75 Å². The van der Waals surface area contributed by atoms with E-state index in [1.54, 1.807) is 12.4 Å². The van der Waals surface area contributed by atoms with E-state index in [1.165, 1.54) is 12.4 Å². The highest BCUT2D eigenvalue weighted by Gasteiger charge is 2.26. The number of hydrogen-bond donors (Lipinski definition) is 0. The molecule has 1 atom stereocenters. The molecule has 1 aliphatic rings. The molecule has 0 N–H and O–H groups in total. The molecule has 1 saturated heterocycles. The Bertz CT molecular complexity index is 590. The Kier molecular flexibility index (Phi) is 3.45. The molecule has 1 unspecified atom stereocenters. The minimum absolute atomic E-state index is 0.0877. The molecule has 0 radical (unpaired) electrons. The van der Waals surface area contributed by atoms with Gasteiger partial charge < -0.3 is 9.64 Å². The normalized spacial score (nSPS) is 18.3. The summed E-state index contributed by atoms with van der Waals surface area (Å²) in [6.45, 7) is 3.48. The van der Waals surface area contributed by atoms with Gasteiger partial charge in [-0.1, -0.05) is 0 Å². The molecule has 2 aromatic rings. The lowest BCUT2D eigenvalue weighted by atomic mass is 10.2. The Morgan fingerprint density at radius 2 is 2.10 bits per heavy atom. The van der Waals surface area contributed by atoms with E-state index in [0.717, 1.165) is 24.3 Å². The molecule has 20 heavy (non-hydrogen) atoms. The van der Waals surface area contributed by atoms with Gasteiger partial charge in [-0.3, -0.25) is 4.98 Å². The molecule has 0 amide bonds. The van der Waals surface area contributed by atoms with Gasteiger partial charge in [0.1, 0.15) is 11.9 Å². The predicted octanol–water partition coefficient (Wildman–Crippen LogP) is 1.98. The fraction of sp³-hybridized carbons (Fsp3) is 0.357. The molecule has 5 nitrogen and oxygen atoms in total. The van der Waals surface area contributed by atoms with Crippen molar-refractivity contribution >= 4 is 5.95 Å². The summed E-state index contributed by atoms with van der Waals surface area (Å²) in [5.74, 6) is 0.976. The third kappa shape index (κ3) is 2.68. The zero-order chi connectivity index (χ0) is 13.9. The summed E-state index contributed by atoms with van der Waals surface area (Å²) in [6, 6.07) is 1.87. The van der Waals surface area contributed by atoms with Crippen LogP contribution in [-0.2, 0) is 0 Å². The van der Waals surface area contributed by atoms with Gasteiger partial charge in [-0.2, -0.15) is 0 Å². The lowest BCUT2D eigenvalue weighted by Gasteiger charge is -2.17. The van der Waals surface area contributed by atoms with Crippen LogP contribution in [0.5, 0.6) is 5.75 Å². The fourth-order valence-corrected chi connectivity index (χ4v) is 2.25. The maximum absolute atomic E-state index is 12.8. The number of aryl methyl sites for hydroxylation is 1. The number of anilines is 1. The SMILES string of the molecule is Cc1cnccc1OC1CCN(c2ncc(F)cn2)C1. The van der Waals surface area contributed by atoms with E-state index in [-0.39, 0.29) is 6.10 Å². The maximum Gasteiger partial charge on any atom is 0.225 e. The standard InChI is InChI=1S/C14H15FN4O/c1-10-6-16-4-2-13(10)20-12-3-5-19(9-12)14-17-7-11(15)8-18-14/h2,4,6-8,12H,3,5,9H2,1H3. The molecule has 1 aliphatic heterocycles. The van der Waals surface area contributed by atoms with Crippen LogP contribution in [0.2, 0.25) is 0 Å². The van der Waals surface area contributed by atoms with E-state index >= 15 is 0 Å². The topological polar surface area (TPSA) is 51.1 Å². The molecule has 6 heteroatoms. The number of pyridine rings is 1. The highest BCUT2D eigenvalue weighted by atomic mass is 19.1. The average Bonchev–Trinajstić information content (AvgIpc) is 2.91. The monoisotopic (exact) mass is 274 g/mol. The van der Waals surface area contributed by atoms with Crippen molar-refractivity contribution in [3.05, 3.63) is 42.2 Å². The summed E-state index contributed by atoms with van der Waals surface area (Å²) in [6.07, 6.45) is 6.85. The molecule has 104 valence electrons. The van der Waals surface area contributed by atoms with Crippen LogP contribution in [-0.4, -0.2) is 34.1 Å². The molecule has 1 fully saturated rings. The minimum Gasteiger partial charge on any atom is -0.488 e. The fourth-order valence-electron chi connectivity index (χ4n) is 2.25. The van der Waals surface area contributed by atoms with E-state index in [1.807, 2.05) is 17.9 Å². The third-order valence-electron chi connectivity index (χ3n) is 3.30. The zero-order valence-corrected chi connectivity index (χ0v) is 11.2. The van der Waals surface area contributed by atoms with Crippen molar-refractivity contribution in [1.29, 1.82) is 0 Å². The average molecular weight is 274 g/mol. The van der Waals surface area contributed by atoms with Gasteiger partial charge >= 0.3 is 0 Å². The molecule has 2 aromatic heterocycles. The van der Waals surface area contributed by atoms with E-state index < -0.39 is 5.82 Å². The number of rotatable bonds is 3. The second kappa shape index (κ2) is 5.40. The van der Waals surface area contributed by atoms with Gasteiger partial charge in [-0.05, 0) is 13.0 Å². The number of nitrogens with zero attached hydrogens (tertiary/aromatic N) is 4.